The molecule has 0 spiro atoms. The van der Waals surface area contributed by atoms with Crippen molar-refractivity contribution < 1.29 is 23.8 Å². The average molecular weight is 296 g/mol. The van der Waals surface area contributed by atoms with Crippen molar-refractivity contribution in [3.63, 3.8) is 0 Å². The highest BCUT2D eigenvalue weighted by Gasteiger charge is 2.15. The molecule has 0 unspecified atom stereocenters. The van der Waals surface area contributed by atoms with Gasteiger partial charge in [0.1, 0.15) is 5.75 Å². The minimum Gasteiger partial charge on any atom is -0.497 e. The third kappa shape index (κ3) is 5.41. The van der Waals surface area contributed by atoms with E-state index in [1.807, 2.05) is 0 Å². The second-order valence-electron chi connectivity index (χ2n) is 3.87. The monoisotopic (exact) mass is 296 g/mol. The van der Waals surface area contributed by atoms with Crippen LogP contribution in [0.5, 0.6) is 5.75 Å². The Balaban J connectivity index is 2.65. The Morgan fingerprint density at radius 2 is 1.76 bits per heavy atom. The smallest absolute Gasteiger partial charge is 0.365 e. The summed E-state index contributed by atoms with van der Waals surface area (Å²) in [5.74, 6) is -0.0461. The lowest BCUT2D eigenvalue weighted by Crippen LogP contribution is -2.34. The van der Waals surface area contributed by atoms with Crippen LogP contribution >= 0.6 is 0 Å². The molecule has 2 N–H and O–H groups in total. The van der Waals surface area contributed by atoms with Crippen LogP contribution in [0.4, 0.5) is 0 Å². The van der Waals surface area contributed by atoms with Gasteiger partial charge in [-0.25, -0.2) is 4.79 Å². The van der Waals surface area contributed by atoms with Crippen LogP contribution in [-0.4, -0.2) is 38.4 Å². The third-order valence-electron chi connectivity index (χ3n) is 2.44. The summed E-state index contributed by atoms with van der Waals surface area (Å²) in [6.07, 6.45) is -0.830. The molecular formula is C14H20N2O5. The van der Waals surface area contributed by atoms with Crippen LogP contribution in [-0.2, 0) is 14.3 Å². The van der Waals surface area contributed by atoms with Crippen molar-refractivity contribution in [2.24, 2.45) is 10.9 Å². The molecule has 0 bridgehead atoms. The van der Waals surface area contributed by atoms with Gasteiger partial charge in [-0.1, -0.05) is 5.16 Å². The normalized spacial score (nSPS) is 11.5. The van der Waals surface area contributed by atoms with Gasteiger partial charge in [0, 0.05) is 13.2 Å². The van der Waals surface area contributed by atoms with Crippen molar-refractivity contribution >= 4 is 11.8 Å². The van der Waals surface area contributed by atoms with Crippen LogP contribution in [0.2, 0.25) is 0 Å². The van der Waals surface area contributed by atoms with Crippen molar-refractivity contribution in [3.8, 4) is 5.75 Å². The molecule has 0 heterocycles. The zero-order valence-electron chi connectivity index (χ0n) is 12.4. The van der Waals surface area contributed by atoms with Crippen LogP contribution in [0.25, 0.3) is 0 Å². The second-order valence-corrected chi connectivity index (χ2v) is 3.87. The first-order valence-electron chi connectivity index (χ1n) is 6.54. The van der Waals surface area contributed by atoms with E-state index in [0.717, 1.165) is 0 Å². The van der Waals surface area contributed by atoms with Gasteiger partial charge in [0.05, 0.1) is 12.7 Å². The maximum absolute atomic E-state index is 11.8. The summed E-state index contributed by atoms with van der Waals surface area (Å²) in [5.41, 5.74) is 6.00. The summed E-state index contributed by atoms with van der Waals surface area (Å²) in [4.78, 5) is 16.5. The topological polar surface area (TPSA) is 92.4 Å². The van der Waals surface area contributed by atoms with Crippen LogP contribution in [0.3, 0.4) is 0 Å². The number of methoxy groups -OCH3 is 1. The molecule has 0 aromatic heterocycles. The van der Waals surface area contributed by atoms with Crippen molar-refractivity contribution in [3.05, 3.63) is 29.8 Å². The van der Waals surface area contributed by atoms with Crippen molar-refractivity contribution in [2.75, 3.05) is 20.3 Å². The maximum Gasteiger partial charge on any atom is 0.365 e. The first-order chi connectivity index (χ1) is 10.1. The molecule has 7 nitrogen and oxygen atoms in total. The highest BCUT2D eigenvalue weighted by Crippen LogP contribution is 2.12. The minimum absolute atomic E-state index is 0.0550. The van der Waals surface area contributed by atoms with E-state index in [-0.39, 0.29) is 5.84 Å². The Morgan fingerprint density at radius 1 is 1.19 bits per heavy atom. The molecule has 1 aromatic carbocycles. The van der Waals surface area contributed by atoms with Crippen LogP contribution in [0.15, 0.2) is 29.4 Å². The number of oxime groups is 1. The van der Waals surface area contributed by atoms with E-state index in [1.165, 1.54) is 0 Å². The van der Waals surface area contributed by atoms with Gasteiger partial charge in [-0.2, -0.15) is 0 Å². The van der Waals surface area contributed by atoms with Crippen LogP contribution in [0.1, 0.15) is 24.2 Å². The van der Waals surface area contributed by atoms with Gasteiger partial charge in [0.2, 0.25) is 6.29 Å². The van der Waals surface area contributed by atoms with Gasteiger partial charge in [0.25, 0.3) is 0 Å². The molecule has 0 radical (unpaired) electrons. The van der Waals surface area contributed by atoms with Crippen LogP contribution < -0.4 is 10.5 Å². The molecule has 1 rings (SSSR count). The molecule has 0 aliphatic heterocycles. The zero-order valence-corrected chi connectivity index (χ0v) is 12.4. The first kappa shape index (κ1) is 16.9. The third-order valence-corrected chi connectivity index (χ3v) is 2.44. The van der Waals surface area contributed by atoms with E-state index in [9.17, 15) is 4.79 Å². The summed E-state index contributed by atoms with van der Waals surface area (Å²) in [6, 6.07) is 6.42. The number of nitrogens with zero attached hydrogens (tertiary/aromatic N) is 1. The predicted octanol–water partition coefficient (Wildman–Crippen LogP) is 1.52. The van der Waals surface area contributed by atoms with Crippen molar-refractivity contribution in [1.82, 2.24) is 0 Å². The van der Waals surface area contributed by atoms with Crippen LogP contribution in [0, 0.1) is 0 Å². The number of benzene rings is 1. The number of hydrogen-bond acceptors (Lipinski definition) is 6. The molecule has 0 aliphatic rings. The van der Waals surface area contributed by atoms with Crippen molar-refractivity contribution in [2.45, 2.75) is 20.1 Å². The SMILES string of the molecule is CCOC(OCC)/C(N)=N/OC(=O)c1ccc(OC)cc1. The number of rotatable bonds is 8. The highest BCUT2D eigenvalue weighted by atomic mass is 16.7. The van der Waals surface area contributed by atoms with Gasteiger partial charge >= 0.3 is 5.97 Å². The fourth-order valence-corrected chi connectivity index (χ4v) is 1.44. The fourth-order valence-electron chi connectivity index (χ4n) is 1.44. The Morgan fingerprint density at radius 3 is 2.24 bits per heavy atom. The number of ether oxygens (including phenoxy) is 3. The van der Waals surface area contributed by atoms with E-state index < -0.39 is 12.3 Å². The Labute approximate surface area is 123 Å². The predicted molar refractivity (Wildman–Crippen MR) is 77.1 cm³/mol. The standard InChI is InChI=1S/C14H20N2O5/c1-4-19-14(20-5-2)12(15)16-21-13(17)10-6-8-11(18-3)9-7-10/h6-9,14H,4-5H2,1-3H3,(H2,15,16). The van der Waals surface area contributed by atoms with E-state index in [2.05, 4.69) is 5.16 Å². The molecule has 1 aromatic rings. The molecule has 0 atom stereocenters. The summed E-state index contributed by atoms with van der Waals surface area (Å²) in [6.45, 7) is 4.38. The minimum atomic E-state index is -0.830. The van der Waals surface area contributed by atoms with Gasteiger partial charge in [0.15, 0.2) is 5.84 Å². The Bertz CT molecular complexity index is 467. The van der Waals surface area contributed by atoms with Gasteiger partial charge in [-0.05, 0) is 38.1 Å². The fraction of sp³-hybridized carbons (Fsp3) is 0.429. The van der Waals surface area contributed by atoms with Gasteiger partial charge in [-0.15, -0.1) is 0 Å². The van der Waals surface area contributed by atoms with E-state index in [0.29, 0.717) is 24.5 Å². The lowest BCUT2D eigenvalue weighted by Gasteiger charge is -2.15. The highest BCUT2D eigenvalue weighted by molar-refractivity contribution is 5.90. The Hall–Kier alpha value is -2.12. The second kappa shape index (κ2) is 8.93. The summed E-state index contributed by atoms with van der Waals surface area (Å²) in [5, 5.41) is 3.54. The molecule has 7 heteroatoms. The molecule has 21 heavy (non-hydrogen) atoms. The Kier molecular flexibility index (Phi) is 7.20. The molecular weight excluding hydrogens is 276 g/mol. The largest absolute Gasteiger partial charge is 0.497 e. The van der Waals surface area contributed by atoms with Gasteiger partial charge in [-0.3, -0.25) is 0 Å². The molecule has 0 aliphatic carbocycles. The molecule has 0 fully saturated rings. The zero-order chi connectivity index (χ0) is 15.7. The quantitative estimate of drug-likeness (QED) is 0.257. The average Bonchev–Trinajstić information content (AvgIpc) is 2.52. The van der Waals surface area contributed by atoms with Crippen molar-refractivity contribution in [1.29, 1.82) is 0 Å². The molecule has 0 amide bonds. The summed E-state index contributed by atoms with van der Waals surface area (Å²) < 4.78 is 15.5. The lowest BCUT2D eigenvalue weighted by molar-refractivity contribution is -0.0920. The number of nitrogens with two attached hydrogens (primary N) is 1. The molecule has 116 valence electrons. The maximum atomic E-state index is 11.8. The van der Waals surface area contributed by atoms with E-state index in [4.69, 9.17) is 24.8 Å². The van der Waals surface area contributed by atoms with E-state index >= 15 is 0 Å². The number of carbonyl (C=O) groups excluding carboxylic acids is 1. The van der Waals surface area contributed by atoms with Gasteiger partial charge < -0.3 is 24.8 Å². The summed E-state index contributed by atoms with van der Waals surface area (Å²) >= 11 is 0. The lowest BCUT2D eigenvalue weighted by atomic mass is 10.2. The molecule has 0 saturated heterocycles. The number of hydrogen-bond donors (Lipinski definition) is 1. The van der Waals surface area contributed by atoms with E-state index in [1.54, 1.807) is 45.2 Å². The molecule has 0 saturated carbocycles. The number of amidine groups is 1. The summed E-state index contributed by atoms with van der Waals surface area (Å²) in [7, 11) is 1.54. The number of carbonyl (C=O) groups is 1. The first-order valence-corrected chi connectivity index (χ1v) is 6.54.